The van der Waals surface area contributed by atoms with Crippen molar-refractivity contribution in [3.05, 3.63) is 12.7 Å². The second-order valence-corrected chi connectivity index (χ2v) is 7.15. The first-order valence-electron chi connectivity index (χ1n) is 8.74. The van der Waals surface area contributed by atoms with Crippen LogP contribution in [-0.4, -0.2) is 36.0 Å². The van der Waals surface area contributed by atoms with Crippen LogP contribution in [-0.2, 0) is 14.4 Å². The van der Waals surface area contributed by atoms with Gasteiger partial charge in [-0.2, -0.15) is 0 Å². The van der Waals surface area contributed by atoms with Gasteiger partial charge in [-0.25, -0.2) is 5.48 Å². The van der Waals surface area contributed by atoms with Crippen molar-refractivity contribution < 1.29 is 19.6 Å². The second-order valence-electron chi connectivity index (χ2n) is 7.15. The summed E-state index contributed by atoms with van der Waals surface area (Å²) in [6.07, 6.45) is 2.76. The molecule has 144 valence electrons. The topological polar surface area (TPSA) is 108 Å². The highest BCUT2D eigenvalue weighted by Gasteiger charge is 2.35. The van der Waals surface area contributed by atoms with Gasteiger partial charge in [-0.3, -0.25) is 19.6 Å². The van der Waals surface area contributed by atoms with Gasteiger partial charge in [0.05, 0.1) is 11.8 Å². The highest BCUT2D eigenvalue weighted by Crippen LogP contribution is 2.25. The van der Waals surface area contributed by atoms with Crippen molar-refractivity contribution >= 4 is 17.7 Å². The minimum atomic E-state index is -0.741. The van der Waals surface area contributed by atoms with Gasteiger partial charge in [-0.05, 0) is 31.1 Å². The van der Waals surface area contributed by atoms with Gasteiger partial charge >= 0.3 is 0 Å². The molecule has 0 fully saturated rings. The third-order valence-corrected chi connectivity index (χ3v) is 4.00. The molecule has 0 aromatic heterocycles. The second kappa shape index (κ2) is 11.6. The summed E-state index contributed by atoms with van der Waals surface area (Å²) in [5.41, 5.74) is 1.63. The maximum Gasteiger partial charge on any atom is 0.247 e. The molecule has 7 heteroatoms. The highest BCUT2D eigenvalue weighted by molar-refractivity contribution is 5.91. The zero-order chi connectivity index (χ0) is 19.6. The van der Waals surface area contributed by atoms with E-state index in [4.69, 9.17) is 5.21 Å². The van der Waals surface area contributed by atoms with Crippen LogP contribution in [0.2, 0.25) is 0 Å². The molecular weight excluding hydrogens is 322 g/mol. The molecule has 0 aromatic rings. The predicted octanol–water partition coefficient (Wildman–Crippen LogP) is 1.62. The molecule has 0 rings (SSSR count). The number of carbonyl (C=O) groups is 3. The SMILES string of the molecule is C=CC[C@H](C(=O)NO)[C@@H](CC(C)C)C(=O)NC(CC(C)C)C(=O)NC. The molecule has 0 radical (unpaired) electrons. The van der Waals surface area contributed by atoms with Gasteiger partial charge in [0.2, 0.25) is 17.7 Å². The van der Waals surface area contributed by atoms with Crippen molar-refractivity contribution in [2.45, 2.75) is 53.0 Å². The predicted molar refractivity (Wildman–Crippen MR) is 96.6 cm³/mol. The van der Waals surface area contributed by atoms with E-state index in [0.717, 1.165) is 0 Å². The van der Waals surface area contributed by atoms with Crippen LogP contribution in [0.25, 0.3) is 0 Å². The van der Waals surface area contributed by atoms with E-state index in [1.54, 1.807) is 11.6 Å². The molecule has 0 heterocycles. The third kappa shape index (κ3) is 8.16. The monoisotopic (exact) mass is 355 g/mol. The van der Waals surface area contributed by atoms with E-state index in [1.165, 1.54) is 7.05 Å². The van der Waals surface area contributed by atoms with Gasteiger partial charge in [0.25, 0.3) is 0 Å². The van der Waals surface area contributed by atoms with Crippen LogP contribution >= 0.6 is 0 Å². The van der Waals surface area contributed by atoms with Gasteiger partial charge in [0.15, 0.2) is 0 Å². The lowest BCUT2D eigenvalue weighted by atomic mass is 9.82. The average molecular weight is 355 g/mol. The minimum absolute atomic E-state index is 0.165. The molecule has 0 aliphatic rings. The molecule has 0 saturated heterocycles. The fourth-order valence-electron chi connectivity index (χ4n) is 2.83. The molecule has 4 N–H and O–H groups in total. The van der Waals surface area contributed by atoms with Crippen LogP contribution in [0.4, 0.5) is 0 Å². The Balaban J connectivity index is 5.46. The van der Waals surface area contributed by atoms with Gasteiger partial charge < -0.3 is 10.6 Å². The summed E-state index contributed by atoms with van der Waals surface area (Å²) < 4.78 is 0. The lowest BCUT2D eigenvalue weighted by Gasteiger charge is -2.28. The Morgan fingerprint density at radius 3 is 1.92 bits per heavy atom. The Kier molecular flexibility index (Phi) is 10.7. The summed E-state index contributed by atoms with van der Waals surface area (Å²) in [5.74, 6) is -2.27. The number of carbonyl (C=O) groups excluding carboxylic acids is 3. The van der Waals surface area contributed by atoms with E-state index >= 15 is 0 Å². The number of amides is 3. The van der Waals surface area contributed by atoms with Crippen molar-refractivity contribution in [1.82, 2.24) is 16.1 Å². The minimum Gasteiger partial charge on any atom is -0.357 e. The summed E-state index contributed by atoms with van der Waals surface area (Å²) in [4.78, 5) is 36.9. The number of allylic oxidation sites excluding steroid dienone is 1. The van der Waals surface area contributed by atoms with Crippen molar-refractivity contribution in [1.29, 1.82) is 0 Å². The normalized spacial score (nSPS) is 14.6. The maximum atomic E-state index is 12.8. The number of hydrogen-bond donors (Lipinski definition) is 4. The molecule has 3 atom stereocenters. The van der Waals surface area contributed by atoms with E-state index in [0.29, 0.717) is 12.8 Å². The first kappa shape index (κ1) is 23.1. The van der Waals surface area contributed by atoms with Gasteiger partial charge in [0, 0.05) is 7.05 Å². The molecule has 7 nitrogen and oxygen atoms in total. The lowest BCUT2D eigenvalue weighted by Crippen LogP contribution is -2.50. The average Bonchev–Trinajstić information content (AvgIpc) is 2.55. The summed E-state index contributed by atoms with van der Waals surface area (Å²) in [6.45, 7) is 11.5. The van der Waals surface area contributed by atoms with Gasteiger partial charge in [0.1, 0.15) is 6.04 Å². The zero-order valence-corrected chi connectivity index (χ0v) is 16.0. The molecule has 25 heavy (non-hydrogen) atoms. The largest absolute Gasteiger partial charge is 0.357 e. The zero-order valence-electron chi connectivity index (χ0n) is 16.0. The van der Waals surface area contributed by atoms with Crippen molar-refractivity contribution in [2.24, 2.45) is 23.7 Å². The van der Waals surface area contributed by atoms with Crippen LogP contribution in [0.1, 0.15) is 47.0 Å². The summed E-state index contributed by atoms with van der Waals surface area (Å²) in [5, 5.41) is 14.3. The fourth-order valence-corrected chi connectivity index (χ4v) is 2.83. The Labute approximate surface area is 150 Å². The molecule has 0 aliphatic carbocycles. The molecular formula is C18H33N3O4. The first-order valence-corrected chi connectivity index (χ1v) is 8.74. The van der Waals surface area contributed by atoms with Crippen LogP contribution in [0, 0.1) is 23.7 Å². The summed E-state index contributed by atoms with van der Waals surface area (Å²) in [6, 6.07) is -0.659. The van der Waals surface area contributed by atoms with Crippen LogP contribution in [0.3, 0.4) is 0 Å². The Hall–Kier alpha value is -1.89. The number of likely N-dealkylation sites (N-methyl/N-ethyl adjacent to an activating group) is 1. The molecule has 0 bridgehead atoms. The third-order valence-electron chi connectivity index (χ3n) is 4.00. The smallest absolute Gasteiger partial charge is 0.247 e. The molecule has 0 saturated carbocycles. The van der Waals surface area contributed by atoms with E-state index < -0.39 is 23.8 Å². The summed E-state index contributed by atoms with van der Waals surface area (Å²) in [7, 11) is 1.52. The quantitative estimate of drug-likeness (QED) is 0.257. The van der Waals surface area contributed by atoms with Crippen LogP contribution < -0.4 is 16.1 Å². The van der Waals surface area contributed by atoms with Gasteiger partial charge in [-0.15, -0.1) is 6.58 Å². The molecule has 3 amide bonds. The summed E-state index contributed by atoms with van der Waals surface area (Å²) >= 11 is 0. The molecule has 0 aromatic carbocycles. The van der Waals surface area contributed by atoms with Crippen molar-refractivity contribution in [3.8, 4) is 0 Å². The van der Waals surface area contributed by atoms with Crippen LogP contribution in [0.15, 0.2) is 12.7 Å². The number of hydrogen-bond acceptors (Lipinski definition) is 4. The maximum absolute atomic E-state index is 12.8. The lowest BCUT2D eigenvalue weighted by molar-refractivity contribution is -0.141. The van der Waals surface area contributed by atoms with Gasteiger partial charge in [-0.1, -0.05) is 33.8 Å². The highest BCUT2D eigenvalue weighted by atomic mass is 16.5. The van der Waals surface area contributed by atoms with Crippen molar-refractivity contribution in [3.63, 3.8) is 0 Å². The van der Waals surface area contributed by atoms with E-state index in [-0.39, 0.29) is 30.1 Å². The Morgan fingerprint density at radius 1 is 0.960 bits per heavy atom. The first-order chi connectivity index (χ1) is 11.7. The Bertz CT molecular complexity index is 463. The number of rotatable bonds is 11. The number of hydroxylamine groups is 1. The standard InChI is InChI=1S/C18H33N3O4/c1-7-8-13(17(23)21-25)14(9-11(2)3)16(22)20-15(10-12(4)5)18(24)19-6/h7,11-15,25H,1,8-10H2,2-6H3,(H,19,24)(H,20,22)(H,21,23)/t13-,14+,15?/m0/s1. The van der Waals surface area contributed by atoms with E-state index in [2.05, 4.69) is 17.2 Å². The molecule has 0 spiro atoms. The molecule has 0 aliphatic heterocycles. The van der Waals surface area contributed by atoms with E-state index in [9.17, 15) is 14.4 Å². The Morgan fingerprint density at radius 2 is 1.52 bits per heavy atom. The molecule has 1 unspecified atom stereocenters. The number of nitrogens with one attached hydrogen (secondary N) is 3. The van der Waals surface area contributed by atoms with Crippen molar-refractivity contribution in [2.75, 3.05) is 7.05 Å². The van der Waals surface area contributed by atoms with E-state index in [1.807, 2.05) is 27.7 Å². The fraction of sp³-hybridized carbons (Fsp3) is 0.722. The van der Waals surface area contributed by atoms with Crippen LogP contribution in [0.5, 0.6) is 0 Å².